The van der Waals surface area contributed by atoms with Gasteiger partial charge in [0.05, 0.1) is 6.61 Å². The van der Waals surface area contributed by atoms with Gasteiger partial charge in [-0.1, -0.05) is 0 Å². The molecule has 4 nitrogen and oxygen atoms in total. The van der Waals surface area contributed by atoms with Gasteiger partial charge in [0.2, 0.25) is 0 Å². The second-order valence-corrected chi connectivity index (χ2v) is 3.69. The summed E-state index contributed by atoms with van der Waals surface area (Å²) >= 11 is 0. The van der Waals surface area contributed by atoms with Crippen molar-refractivity contribution in [2.45, 2.75) is 26.3 Å². The van der Waals surface area contributed by atoms with Crippen molar-refractivity contribution in [3.8, 4) is 0 Å². The Hall–Kier alpha value is -1.29. The van der Waals surface area contributed by atoms with Crippen molar-refractivity contribution in [1.29, 1.82) is 0 Å². The first kappa shape index (κ1) is 10.2. The van der Waals surface area contributed by atoms with Gasteiger partial charge in [0.1, 0.15) is 5.69 Å². The number of aromatic nitrogens is 1. The van der Waals surface area contributed by atoms with E-state index in [1.165, 1.54) is 11.3 Å². The van der Waals surface area contributed by atoms with Crippen LogP contribution in [-0.4, -0.2) is 24.1 Å². The van der Waals surface area contributed by atoms with Gasteiger partial charge in [-0.15, -0.1) is 0 Å². The van der Waals surface area contributed by atoms with E-state index in [4.69, 9.17) is 4.74 Å². The largest absolute Gasteiger partial charge is 0.461 e. The van der Waals surface area contributed by atoms with Crippen molar-refractivity contribution in [1.82, 2.24) is 10.3 Å². The van der Waals surface area contributed by atoms with Crippen LogP contribution in [0, 0.1) is 0 Å². The number of H-pyrrole nitrogens is 1. The molecule has 2 rings (SSSR count). The van der Waals surface area contributed by atoms with Crippen molar-refractivity contribution in [2.24, 2.45) is 0 Å². The first-order valence-corrected chi connectivity index (χ1v) is 5.40. The third-order valence-electron chi connectivity index (χ3n) is 2.58. The Kier molecular flexibility index (Phi) is 3.06. The van der Waals surface area contributed by atoms with Crippen LogP contribution in [0.1, 0.15) is 35.1 Å². The van der Waals surface area contributed by atoms with Crippen LogP contribution in [-0.2, 0) is 17.7 Å². The van der Waals surface area contributed by atoms with Gasteiger partial charge in [-0.2, -0.15) is 0 Å². The number of ether oxygens (including phenoxy) is 1. The Morgan fingerprint density at radius 2 is 2.47 bits per heavy atom. The highest BCUT2D eigenvalue weighted by Crippen LogP contribution is 2.16. The van der Waals surface area contributed by atoms with E-state index in [9.17, 15) is 4.79 Å². The molecule has 1 aromatic heterocycles. The topological polar surface area (TPSA) is 54.1 Å². The van der Waals surface area contributed by atoms with Crippen molar-refractivity contribution in [2.75, 3.05) is 13.2 Å². The fourth-order valence-electron chi connectivity index (χ4n) is 1.85. The van der Waals surface area contributed by atoms with E-state index in [1.54, 1.807) is 0 Å². The van der Waals surface area contributed by atoms with E-state index in [0.717, 1.165) is 25.9 Å². The highest BCUT2D eigenvalue weighted by Gasteiger charge is 2.15. The second kappa shape index (κ2) is 4.49. The summed E-state index contributed by atoms with van der Waals surface area (Å²) in [4.78, 5) is 14.6. The summed E-state index contributed by atoms with van der Waals surface area (Å²) in [6, 6.07) is 1.89. The van der Waals surface area contributed by atoms with Gasteiger partial charge in [0, 0.05) is 12.2 Å². The third kappa shape index (κ3) is 2.21. The number of nitrogens with one attached hydrogen (secondary N) is 2. The Morgan fingerprint density at radius 3 is 3.27 bits per heavy atom. The molecule has 1 aromatic rings. The van der Waals surface area contributed by atoms with E-state index >= 15 is 0 Å². The lowest BCUT2D eigenvalue weighted by Gasteiger charge is -1.98. The van der Waals surface area contributed by atoms with E-state index in [2.05, 4.69) is 10.3 Å². The molecule has 82 valence electrons. The summed E-state index contributed by atoms with van der Waals surface area (Å²) in [6.45, 7) is 4.11. The van der Waals surface area contributed by atoms with Crippen LogP contribution in [0.25, 0.3) is 0 Å². The van der Waals surface area contributed by atoms with Gasteiger partial charge in [-0.25, -0.2) is 4.79 Å². The van der Waals surface area contributed by atoms with Crippen LogP contribution in [0.15, 0.2) is 6.07 Å². The molecule has 1 aliphatic heterocycles. The van der Waals surface area contributed by atoms with Crippen LogP contribution < -0.4 is 5.32 Å². The number of carbonyl (C=O) groups excluding carboxylic acids is 1. The van der Waals surface area contributed by atoms with E-state index in [-0.39, 0.29) is 5.97 Å². The van der Waals surface area contributed by atoms with Crippen molar-refractivity contribution < 1.29 is 9.53 Å². The molecule has 0 atom stereocenters. The number of aryl methyl sites for hydroxylation is 1. The standard InChI is InChI=1S/C11H16N2O2/c1-2-15-11(14)10-6-8-7-12-5-3-4-9(8)13-10/h6,12-13H,2-5,7H2,1H3. The van der Waals surface area contributed by atoms with Crippen LogP contribution in [0.4, 0.5) is 0 Å². The molecule has 2 N–H and O–H groups in total. The zero-order valence-corrected chi connectivity index (χ0v) is 8.93. The SMILES string of the molecule is CCOC(=O)c1cc2c([nH]1)CCCNC2. The fourth-order valence-corrected chi connectivity index (χ4v) is 1.85. The number of hydrogen-bond donors (Lipinski definition) is 2. The monoisotopic (exact) mass is 208 g/mol. The Labute approximate surface area is 89.0 Å². The molecule has 2 heterocycles. The summed E-state index contributed by atoms with van der Waals surface area (Å²) in [5.74, 6) is -0.259. The molecule has 0 aliphatic carbocycles. The smallest absolute Gasteiger partial charge is 0.354 e. The quantitative estimate of drug-likeness (QED) is 0.719. The molecular weight excluding hydrogens is 192 g/mol. The molecule has 0 spiro atoms. The molecule has 0 saturated carbocycles. The van der Waals surface area contributed by atoms with E-state index in [1.807, 2.05) is 13.0 Å². The molecule has 0 bridgehead atoms. The number of hydrogen-bond acceptors (Lipinski definition) is 3. The lowest BCUT2D eigenvalue weighted by molar-refractivity contribution is 0.0520. The number of fused-ring (bicyclic) bond motifs is 1. The Bertz CT molecular complexity index is 334. The molecular formula is C11H16N2O2. The summed E-state index contributed by atoms with van der Waals surface area (Å²) in [6.07, 6.45) is 2.11. The maximum Gasteiger partial charge on any atom is 0.354 e. The van der Waals surface area contributed by atoms with Gasteiger partial charge >= 0.3 is 5.97 Å². The highest BCUT2D eigenvalue weighted by molar-refractivity contribution is 5.87. The third-order valence-corrected chi connectivity index (χ3v) is 2.58. The Morgan fingerprint density at radius 1 is 1.60 bits per heavy atom. The molecule has 0 fully saturated rings. The summed E-state index contributed by atoms with van der Waals surface area (Å²) < 4.78 is 4.95. The number of esters is 1. The molecule has 0 aromatic carbocycles. The van der Waals surface area contributed by atoms with Crippen LogP contribution in [0.3, 0.4) is 0 Å². The normalized spacial score (nSPS) is 15.5. The molecule has 0 radical (unpaired) electrons. The van der Waals surface area contributed by atoms with Gasteiger partial charge < -0.3 is 15.0 Å². The molecule has 1 aliphatic rings. The first-order valence-electron chi connectivity index (χ1n) is 5.40. The first-order chi connectivity index (χ1) is 7.31. The summed E-state index contributed by atoms with van der Waals surface area (Å²) in [5.41, 5.74) is 2.93. The van der Waals surface area contributed by atoms with E-state index in [0.29, 0.717) is 12.3 Å². The molecule has 15 heavy (non-hydrogen) atoms. The lowest BCUT2D eigenvalue weighted by Crippen LogP contribution is -2.12. The number of carbonyl (C=O) groups is 1. The van der Waals surface area contributed by atoms with Crippen molar-refractivity contribution in [3.63, 3.8) is 0 Å². The zero-order valence-electron chi connectivity index (χ0n) is 8.93. The predicted molar refractivity (Wildman–Crippen MR) is 56.8 cm³/mol. The lowest BCUT2D eigenvalue weighted by atomic mass is 10.2. The maximum absolute atomic E-state index is 11.5. The van der Waals surface area contributed by atoms with E-state index < -0.39 is 0 Å². The predicted octanol–water partition coefficient (Wildman–Crippen LogP) is 1.23. The number of aromatic amines is 1. The minimum atomic E-state index is -0.259. The molecule has 0 unspecified atom stereocenters. The highest BCUT2D eigenvalue weighted by atomic mass is 16.5. The minimum Gasteiger partial charge on any atom is -0.461 e. The summed E-state index contributed by atoms with van der Waals surface area (Å²) in [5, 5.41) is 3.32. The Balaban J connectivity index is 2.18. The minimum absolute atomic E-state index is 0.259. The molecule has 4 heteroatoms. The molecule has 0 amide bonds. The van der Waals surface area contributed by atoms with Crippen molar-refractivity contribution in [3.05, 3.63) is 23.0 Å². The van der Waals surface area contributed by atoms with Gasteiger partial charge in [-0.3, -0.25) is 0 Å². The van der Waals surface area contributed by atoms with Crippen LogP contribution in [0.5, 0.6) is 0 Å². The van der Waals surface area contributed by atoms with Gasteiger partial charge in [0.15, 0.2) is 0 Å². The van der Waals surface area contributed by atoms with Gasteiger partial charge in [0.25, 0.3) is 0 Å². The number of rotatable bonds is 2. The van der Waals surface area contributed by atoms with Crippen LogP contribution >= 0.6 is 0 Å². The average molecular weight is 208 g/mol. The maximum atomic E-state index is 11.5. The van der Waals surface area contributed by atoms with Gasteiger partial charge in [-0.05, 0) is 37.9 Å². The van der Waals surface area contributed by atoms with Crippen molar-refractivity contribution >= 4 is 5.97 Å². The average Bonchev–Trinajstić information content (AvgIpc) is 2.51. The second-order valence-electron chi connectivity index (χ2n) is 3.69. The summed E-state index contributed by atoms with van der Waals surface area (Å²) in [7, 11) is 0. The van der Waals surface area contributed by atoms with Crippen LogP contribution in [0.2, 0.25) is 0 Å². The molecule has 0 saturated heterocycles. The zero-order chi connectivity index (χ0) is 10.7. The fraction of sp³-hybridized carbons (Fsp3) is 0.545.